The smallest absolute Gasteiger partial charge is 0.228 e. The zero-order chi connectivity index (χ0) is 16.8. The molecule has 1 aromatic rings. The van der Waals surface area contributed by atoms with E-state index in [1.54, 1.807) is 7.11 Å². The minimum absolute atomic E-state index is 0.211. The van der Waals surface area contributed by atoms with Crippen LogP contribution in [0.4, 0.5) is 5.82 Å². The molecule has 2 aliphatic rings. The molecule has 0 unspecified atom stereocenters. The fraction of sp³-hybridized carbons (Fsp3) is 0.684. The molecule has 0 aromatic carbocycles. The highest BCUT2D eigenvalue weighted by Crippen LogP contribution is 2.39. The Labute approximate surface area is 144 Å². The molecule has 1 heterocycles. The van der Waals surface area contributed by atoms with Crippen LogP contribution in [0.1, 0.15) is 51.4 Å². The highest BCUT2D eigenvalue weighted by molar-refractivity contribution is 5.83. The van der Waals surface area contributed by atoms with E-state index in [9.17, 15) is 4.79 Å². The molecular formula is C19H29N3O2. The lowest BCUT2D eigenvalue weighted by Gasteiger charge is -2.33. The van der Waals surface area contributed by atoms with Gasteiger partial charge in [-0.25, -0.2) is 4.98 Å². The van der Waals surface area contributed by atoms with Crippen LogP contribution in [0.5, 0.6) is 0 Å². The summed E-state index contributed by atoms with van der Waals surface area (Å²) in [6.07, 6.45) is 10.2. The van der Waals surface area contributed by atoms with Crippen LogP contribution in [0.2, 0.25) is 0 Å². The first kappa shape index (κ1) is 17.2. The van der Waals surface area contributed by atoms with Crippen molar-refractivity contribution >= 4 is 11.7 Å². The van der Waals surface area contributed by atoms with Crippen LogP contribution in [-0.4, -0.2) is 36.7 Å². The fourth-order valence-corrected chi connectivity index (χ4v) is 4.14. The minimum Gasteiger partial charge on any atom is -0.384 e. The van der Waals surface area contributed by atoms with Gasteiger partial charge >= 0.3 is 0 Å². The second-order valence-electron chi connectivity index (χ2n) is 7.30. The number of carbonyl (C=O) groups is 1. The number of nitrogens with one attached hydrogen (secondary N) is 2. The fourth-order valence-electron chi connectivity index (χ4n) is 4.14. The van der Waals surface area contributed by atoms with Crippen molar-refractivity contribution in [1.29, 1.82) is 0 Å². The first-order chi connectivity index (χ1) is 11.7. The molecule has 0 aliphatic heterocycles. The summed E-state index contributed by atoms with van der Waals surface area (Å²) in [6.45, 7) is 0.551. The number of aromatic nitrogens is 1. The van der Waals surface area contributed by atoms with E-state index in [0.717, 1.165) is 57.2 Å². The van der Waals surface area contributed by atoms with Gasteiger partial charge in [0.1, 0.15) is 5.82 Å². The normalized spacial score (nSPS) is 26.0. The Morgan fingerprint density at radius 2 is 1.92 bits per heavy atom. The van der Waals surface area contributed by atoms with Crippen LogP contribution in [-0.2, 0) is 9.53 Å². The second kappa shape index (κ2) is 7.97. The van der Waals surface area contributed by atoms with Gasteiger partial charge in [0.25, 0.3) is 0 Å². The molecule has 2 fully saturated rings. The van der Waals surface area contributed by atoms with Gasteiger partial charge in [-0.15, -0.1) is 0 Å². The third-order valence-corrected chi connectivity index (χ3v) is 5.54. The predicted octanol–water partition coefficient (Wildman–Crippen LogP) is 3.13. The second-order valence-corrected chi connectivity index (χ2v) is 7.30. The van der Waals surface area contributed by atoms with Gasteiger partial charge in [0.15, 0.2) is 0 Å². The lowest BCUT2D eigenvalue weighted by atomic mass is 9.84. The Kier molecular flexibility index (Phi) is 5.72. The first-order valence-electron chi connectivity index (χ1n) is 9.19. The SMILES string of the molecule is COCC1(C(=O)NC2CCC(Nc3ccccn3)CC2)CCCC1. The van der Waals surface area contributed by atoms with Gasteiger partial charge in [-0.05, 0) is 50.7 Å². The molecule has 5 heteroatoms. The third kappa shape index (κ3) is 4.07. The molecule has 0 bridgehead atoms. The molecule has 2 N–H and O–H groups in total. The number of rotatable bonds is 6. The van der Waals surface area contributed by atoms with E-state index in [-0.39, 0.29) is 11.3 Å². The molecule has 0 saturated heterocycles. The zero-order valence-corrected chi connectivity index (χ0v) is 14.6. The van der Waals surface area contributed by atoms with Crippen molar-refractivity contribution in [1.82, 2.24) is 10.3 Å². The van der Waals surface area contributed by atoms with Crippen molar-refractivity contribution in [3.63, 3.8) is 0 Å². The van der Waals surface area contributed by atoms with Crippen LogP contribution in [0.3, 0.4) is 0 Å². The Bertz CT molecular complexity index is 521. The summed E-state index contributed by atoms with van der Waals surface area (Å²) in [5, 5.41) is 6.80. The van der Waals surface area contributed by atoms with Crippen LogP contribution in [0.15, 0.2) is 24.4 Å². The minimum atomic E-state index is -0.280. The van der Waals surface area contributed by atoms with Crippen molar-refractivity contribution in [3.05, 3.63) is 24.4 Å². The van der Waals surface area contributed by atoms with E-state index >= 15 is 0 Å². The number of hydrogen-bond acceptors (Lipinski definition) is 4. The molecular weight excluding hydrogens is 302 g/mol. The van der Waals surface area contributed by atoms with E-state index in [1.807, 2.05) is 24.4 Å². The molecule has 0 spiro atoms. The van der Waals surface area contributed by atoms with Crippen molar-refractivity contribution in [3.8, 4) is 0 Å². The van der Waals surface area contributed by atoms with Crippen LogP contribution < -0.4 is 10.6 Å². The summed E-state index contributed by atoms with van der Waals surface area (Å²) in [6, 6.07) is 6.68. The molecule has 2 aliphatic carbocycles. The number of methoxy groups -OCH3 is 1. The van der Waals surface area contributed by atoms with Crippen LogP contribution in [0, 0.1) is 5.41 Å². The summed E-state index contributed by atoms with van der Waals surface area (Å²) >= 11 is 0. The largest absolute Gasteiger partial charge is 0.384 e. The molecule has 2 saturated carbocycles. The highest BCUT2D eigenvalue weighted by atomic mass is 16.5. The maximum atomic E-state index is 12.8. The molecule has 0 radical (unpaired) electrons. The summed E-state index contributed by atoms with van der Waals surface area (Å²) in [7, 11) is 1.70. The number of ether oxygens (including phenoxy) is 1. The third-order valence-electron chi connectivity index (χ3n) is 5.54. The molecule has 5 nitrogen and oxygen atoms in total. The summed E-state index contributed by atoms with van der Waals surface area (Å²) < 4.78 is 5.35. The molecule has 0 atom stereocenters. The number of pyridine rings is 1. The maximum absolute atomic E-state index is 12.8. The number of carbonyl (C=O) groups excluding carboxylic acids is 1. The number of nitrogens with zero attached hydrogens (tertiary/aromatic N) is 1. The summed E-state index contributed by atoms with van der Waals surface area (Å²) in [4.78, 5) is 17.1. The zero-order valence-electron chi connectivity index (χ0n) is 14.6. The predicted molar refractivity (Wildman–Crippen MR) is 94.8 cm³/mol. The monoisotopic (exact) mass is 331 g/mol. The standard InChI is InChI=1S/C19H29N3O2/c1-24-14-19(11-3-4-12-19)18(23)22-16-9-7-15(8-10-16)21-17-6-2-5-13-20-17/h2,5-6,13,15-16H,3-4,7-12,14H2,1H3,(H,20,21)(H,22,23). The average Bonchev–Trinajstić information content (AvgIpc) is 3.08. The maximum Gasteiger partial charge on any atom is 0.228 e. The van der Waals surface area contributed by atoms with Gasteiger partial charge in [-0.3, -0.25) is 4.79 Å². The van der Waals surface area contributed by atoms with Crippen molar-refractivity contribution in [2.24, 2.45) is 5.41 Å². The van der Waals surface area contributed by atoms with Gasteiger partial charge < -0.3 is 15.4 Å². The van der Waals surface area contributed by atoms with Gasteiger partial charge in [0.05, 0.1) is 12.0 Å². The molecule has 24 heavy (non-hydrogen) atoms. The first-order valence-corrected chi connectivity index (χ1v) is 9.19. The Morgan fingerprint density at radius 1 is 1.21 bits per heavy atom. The lowest BCUT2D eigenvalue weighted by molar-refractivity contribution is -0.134. The van der Waals surface area contributed by atoms with Crippen LogP contribution in [0.25, 0.3) is 0 Å². The molecule has 3 rings (SSSR count). The molecule has 1 aromatic heterocycles. The van der Waals surface area contributed by atoms with Crippen molar-refractivity contribution < 1.29 is 9.53 Å². The Balaban J connectivity index is 1.47. The van der Waals surface area contributed by atoms with Gasteiger partial charge in [0.2, 0.25) is 5.91 Å². The topological polar surface area (TPSA) is 63.2 Å². The quantitative estimate of drug-likeness (QED) is 0.841. The number of anilines is 1. The molecule has 1 amide bonds. The van der Waals surface area contributed by atoms with E-state index in [4.69, 9.17) is 4.74 Å². The van der Waals surface area contributed by atoms with E-state index < -0.39 is 0 Å². The van der Waals surface area contributed by atoms with E-state index in [2.05, 4.69) is 15.6 Å². The number of hydrogen-bond donors (Lipinski definition) is 2. The van der Waals surface area contributed by atoms with Crippen LogP contribution >= 0.6 is 0 Å². The Morgan fingerprint density at radius 3 is 2.54 bits per heavy atom. The van der Waals surface area contributed by atoms with E-state index in [1.165, 1.54) is 0 Å². The van der Waals surface area contributed by atoms with Gasteiger partial charge in [-0.1, -0.05) is 18.9 Å². The van der Waals surface area contributed by atoms with Gasteiger partial charge in [0, 0.05) is 25.4 Å². The average molecular weight is 331 g/mol. The summed E-state index contributed by atoms with van der Waals surface area (Å²) in [5.41, 5.74) is -0.280. The molecule has 132 valence electrons. The highest BCUT2D eigenvalue weighted by Gasteiger charge is 2.42. The van der Waals surface area contributed by atoms with Crippen molar-refractivity contribution in [2.45, 2.75) is 63.5 Å². The van der Waals surface area contributed by atoms with Crippen molar-refractivity contribution in [2.75, 3.05) is 19.0 Å². The van der Waals surface area contributed by atoms with Gasteiger partial charge in [-0.2, -0.15) is 0 Å². The van der Waals surface area contributed by atoms with E-state index in [0.29, 0.717) is 18.7 Å². The number of amides is 1. The Hall–Kier alpha value is -1.62. The summed E-state index contributed by atoms with van der Waals surface area (Å²) in [5.74, 6) is 1.15. The lowest BCUT2D eigenvalue weighted by Crippen LogP contribution is -2.48.